The highest BCUT2D eigenvalue weighted by Gasteiger charge is 2.47. The minimum absolute atomic E-state index is 0.0571. The highest BCUT2D eigenvalue weighted by atomic mass is 32.2. The molecule has 0 radical (unpaired) electrons. The third kappa shape index (κ3) is 6.58. The quantitative estimate of drug-likeness (QED) is 0.626. The van der Waals surface area contributed by atoms with Gasteiger partial charge in [0.15, 0.2) is 5.03 Å². The predicted molar refractivity (Wildman–Crippen MR) is 105 cm³/mol. The van der Waals surface area contributed by atoms with Gasteiger partial charge in [0.25, 0.3) is 10.0 Å². The maximum Gasteiger partial charge on any atom is 0.401 e. The topological polar surface area (TPSA) is 105 Å². The number of primary sulfonamides is 1. The molecule has 180 valence electrons. The summed E-state index contributed by atoms with van der Waals surface area (Å²) in [6, 6.07) is 2.36. The smallest absolute Gasteiger partial charge is 0.326 e. The average Bonchev–Trinajstić information content (AvgIpc) is 2.66. The van der Waals surface area contributed by atoms with Crippen LogP contribution >= 0.6 is 0 Å². The van der Waals surface area contributed by atoms with E-state index in [4.69, 9.17) is 5.14 Å². The number of amides is 1. The molecule has 0 spiro atoms. The zero-order valence-electron chi connectivity index (χ0n) is 17.1. The van der Waals surface area contributed by atoms with Crippen molar-refractivity contribution >= 4 is 21.6 Å². The van der Waals surface area contributed by atoms with E-state index in [2.05, 4.69) is 10.3 Å². The Balaban J connectivity index is 1.71. The number of halogens is 5. The molecule has 2 fully saturated rings. The fourth-order valence-corrected chi connectivity index (χ4v) is 5.18. The second-order valence-corrected chi connectivity index (χ2v) is 10.0. The molecule has 1 amide bonds. The summed E-state index contributed by atoms with van der Waals surface area (Å²) < 4.78 is 89.1. The number of anilines is 1. The Morgan fingerprint density at radius 1 is 1.25 bits per heavy atom. The number of pyridine rings is 1. The van der Waals surface area contributed by atoms with E-state index in [0.29, 0.717) is 12.8 Å². The first-order valence-electron chi connectivity index (χ1n) is 10.2. The van der Waals surface area contributed by atoms with Crippen LogP contribution in [-0.4, -0.2) is 55.9 Å². The van der Waals surface area contributed by atoms with Crippen LogP contribution in [-0.2, 0) is 14.8 Å². The van der Waals surface area contributed by atoms with Gasteiger partial charge in [0.05, 0.1) is 6.54 Å². The summed E-state index contributed by atoms with van der Waals surface area (Å²) in [6.45, 7) is -0.637. The Kier molecular flexibility index (Phi) is 7.11. The first-order valence-corrected chi connectivity index (χ1v) is 11.7. The van der Waals surface area contributed by atoms with E-state index in [1.807, 2.05) is 0 Å². The van der Waals surface area contributed by atoms with Gasteiger partial charge in [-0.3, -0.25) is 9.69 Å². The minimum Gasteiger partial charge on any atom is -0.326 e. The van der Waals surface area contributed by atoms with Crippen LogP contribution in [0, 0.1) is 17.8 Å². The molecule has 7 nitrogen and oxygen atoms in total. The Morgan fingerprint density at radius 3 is 2.50 bits per heavy atom. The number of hydrogen-bond acceptors (Lipinski definition) is 5. The number of aromatic nitrogens is 1. The molecular weight excluding hydrogens is 459 g/mol. The number of nitrogens with zero attached hydrogens (tertiary/aromatic N) is 2. The van der Waals surface area contributed by atoms with Gasteiger partial charge in [0.1, 0.15) is 0 Å². The molecule has 1 aliphatic heterocycles. The summed E-state index contributed by atoms with van der Waals surface area (Å²) in [4.78, 5) is 17.8. The number of likely N-dealkylation sites (tertiary alicyclic amines) is 1. The third-order valence-corrected chi connectivity index (χ3v) is 6.96. The lowest BCUT2D eigenvalue weighted by atomic mass is 9.68. The number of nitrogens with two attached hydrogens (primary N) is 1. The van der Waals surface area contributed by atoms with Gasteiger partial charge in [-0.1, -0.05) is 0 Å². The largest absolute Gasteiger partial charge is 0.401 e. The van der Waals surface area contributed by atoms with E-state index in [9.17, 15) is 35.2 Å². The first kappa shape index (κ1) is 24.8. The second kappa shape index (κ2) is 9.18. The molecule has 3 N–H and O–H groups in total. The van der Waals surface area contributed by atoms with Crippen molar-refractivity contribution in [3.05, 3.63) is 18.3 Å². The molecule has 0 bridgehead atoms. The van der Waals surface area contributed by atoms with E-state index in [0.717, 1.165) is 12.3 Å². The van der Waals surface area contributed by atoms with E-state index in [1.165, 1.54) is 11.0 Å². The third-order valence-electron chi connectivity index (χ3n) is 6.15. The molecule has 0 aromatic carbocycles. The van der Waals surface area contributed by atoms with Crippen LogP contribution in [0.15, 0.2) is 23.4 Å². The molecule has 1 aromatic rings. The Labute approximate surface area is 182 Å². The first-order chi connectivity index (χ1) is 14.7. The molecular formula is C19H25F5N4O3S. The summed E-state index contributed by atoms with van der Waals surface area (Å²) in [5.41, 5.74) is 0.0571. The summed E-state index contributed by atoms with van der Waals surface area (Å²) in [7, 11) is -4.12. The fraction of sp³-hybridized carbons (Fsp3) is 0.684. The molecule has 1 aliphatic carbocycles. The SMILES string of the molecule is NS(=O)(=O)c1cc(NC(=O)C2CC(F)(F)CCC2C2CCN(CC(F)(F)F)CC2)ccn1. The van der Waals surface area contributed by atoms with Gasteiger partial charge in [-0.05, 0) is 50.3 Å². The van der Waals surface area contributed by atoms with Crippen molar-refractivity contribution in [1.29, 1.82) is 0 Å². The number of nitrogens with one attached hydrogen (secondary N) is 1. The van der Waals surface area contributed by atoms with Crippen molar-refractivity contribution in [3.8, 4) is 0 Å². The van der Waals surface area contributed by atoms with Crippen LogP contribution in [0.5, 0.6) is 0 Å². The van der Waals surface area contributed by atoms with Gasteiger partial charge in [0.2, 0.25) is 11.8 Å². The normalized spacial score (nSPS) is 25.4. The van der Waals surface area contributed by atoms with Crippen molar-refractivity contribution in [3.63, 3.8) is 0 Å². The molecule has 3 rings (SSSR count). The maximum atomic E-state index is 14.1. The van der Waals surface area contributed by atoms with Crippen LogP contribution in [0.2, 0.25) is 0 Å². The second-order valence-electron chi connectivity index (χ2n) is 8.51. The molecule has 2 unspecified atom stereocenters. The molecule has 32 heavy (non-hydrogen) atoms. The molecule has 13 heteroatoms. The van der Waals surface area contributed by atoms with Crippen molar-refractivity contribution in [2.45, 2.75) is 49.2 Å². The number of alkyl halides is 5. The van der Waals surface area contributed by atoms with Gasteiger partial charge >= 0.3 is 6.18 Å². The minimum atomic E-state index is -4.30. The van der Waals surface area contributed by atoms with Crippen LogP contribution < -0.4 is 10.5 Å². The molecule has 2 atom stereocenters. The van der Waals surface area contributed by atoms with Crippen molar-refractivity contribution in [1.82, 2.24) is 9.88 Å². The van der Waals surface area contributed by atoms with Gasteiger partial charge in [0, 0.05) is 36.7 Å². The van der Waals surface area contributed by atoms with Gasteiger partial charge in [-0.15, -0.1) is 0 Å². The Morgan fingerprint density at radius 2 is 1.91 bits per heavy atom. The summed E-state index contributed by atoms with van der Waals surface area (Å²) in [5.74, 6) is -5.31. The fourth-order valence-electron chi connectivity index (χ4n) is 4.68. The molecule has 2 heterocycles. The number of hydrogen-bond donors (Lipinski definition) is 2. The number of carbonyl (C=O) groups is 1. The highest BCUT2D eigenvalue weighted by Crippen LogP contribution is 2.46. The van der Waals surface area contributed by atoms with Gasteiger partial charge < -0.3 is 5.32 Å². The van der Waals surface area contributed by atoms with Crippen LogP contribution in [0.25, 0.3) is 0 Å². The highest BCUT2D eigenvalue weighted by molar-refractivity contribution is 7.89. The zero-order chi connectivity index (χ0) is 23.7. The monoisotopic (exact) mass is 484 g/mol. The van der Waals surface area contributed by atoms with E-state index >= 15 is 0 Å². The zero-order valence-corrected chi connectivity index (χ0v) is 17.9. The van der Waals surface area contributed by atoms with E-state index in [1.54, 1.807) is 0 Å². The Hall–Kier alpha value is -1.86. The molecule has 1 saturated heterocycles. The standard InChI is InChI=1S/C19H25F5N4O3S/c20-18(21)5-1-14(12-3-7-28(8-4-12)11-19(22,23)24)15(10-18)17(29)27-13-2-6-26-16(9-13)32(25,30)31/h2,6,9,12,14-15H,1,3-5,7-8,10-11H2,(H2,25,30,31)(H,26,27,29). The Bertz CT molecular complexity index is 933. The van der Waals surface area contributed by atoms with E-state index in [-0.39, 0.29) is 37.5 Å². The van der Waals surface area contributed by atoms with Crippen LogP contribution in [0.3, 0.4) is 0 Å². The van der Waals surface area contributed by atoms with Crippen LogP contribution in [0.1, 0.15) is 32.1 Å². The number of piperidine rings is 1. The van der Waals surface area contributed by atoms with Gasteiger partial charge in [-0.2, -0.15) is 13.2 Å². The lowest BCUT2D eigenvalue weighted by Gasteiger charge is -2.42. The number of rotatable bonds is 5. The van der Waals surface area contributed by atoms with Crippen molar-refractivity contribution in [2.24, 2.45) is 22.9 Å². The predicted octanol–water partition coefficient (Wildman–Crippen LogP) is 2.99. The van der Waals surface area contributed by atoms with E-state index < -0.39 is 57.9 Å². The average molecular weight is 484 g/mol. The summed E-state index contributed by atoms with van der Waals surface area (Å²) >= 11 is 0. The number of sulfonamides is 1. The molecule has 2 aliphatic rings. The molecule has 1 aromatic heterocycles. The summed E-state index contributed by atoms with van der Waals surface area (Å²) in [6.07, 6.45) is -3.36. The summed E-state index contributed by atoms with van der Waals surface area (Å²) in [5, 5.41) is 7.03. The van der Waals surface area contributed by atoms with Gasteiger partial charge in [-0.25, -0.2) is 27.3 Å². The molecule has 1 saturated carbocycles. The number of carbonyl (C=O) groups excluding carboxylic acids is 1. The lowest BCUT2D eigenvalue weighted by Crippen LogP contribution is -2.46. The maximum absolute atomic E-state index is 14.1. The lowest BCUT2D eigenvalue weighted by molar-refractivity contribution is -0.151. The van der Waals surface area contributed by atoms with Crippen molar-refractivity contribution < 1.29 is 35.2 Å². The van der Waals surface area contributed by atoms with Crippen LogP contribution in [0.4, 0.5) is 27.6 Å². The van der Waals surface area contributed by atoms with Crippen molar-refractivity contribution in [2.75, 3.05) is 25.0 Å².